The van der Waals surface area contributed by atoms with Gasteiger partial charge in [0.2, 0.25) is 0 Å². The largest absolute Gasteiger partial charge is 0.383 e. The molecule has 0 radical (unpaired) electrons. The predicted molar refractivity (Wildman–Crippen MR) is 87.3 cm³/mol. The van der Waals surface area contributed by atoms with E-state index in [0.717, 1.165) is 24.3 Å². The highest BCUT2D eigenvalue weighted by Gasteiger charge is 2.16. The average molecular weight is 296 g/mol. The van der Waals surface area contributed by atoms with E-state index in [4.69, 9.17) is 4.74 Å². The zero-order valence-electron chi connectivity index (χ0n) is 13.9. The predicted octanol–water partition coefficient (Wildman–Crippen LogP) is 3.43. The Balaban J connectivity index is 2.92. The zero-order valence-corrected chi connectivity index (χ0v) is 13.9. The number of halogens is 1. The molecule has 0 amide bonds. The Hall–Kier alpha value is -1.13. The lowest BCUT2D eigenvalue weighted by atomic mass is 10.1. The van der Waals surface area contributed by atoms with Gasteiger partial charge in [0.25, 0.3) is 0 Å². The summed E-state index contributed by atoms with van der Waals surface area (Å²) in [7, 11) is 1.68. The van der Waals surface area contributed by atoms with Gasteiger partial charge < -0.3 is 15.0 Å². The maximum Gasteiger partial charge on any atom is 0.123 e. The Kier molecular flexibility index (Phi) is 7.68. The average Bonchev–Trinajstić information content (AvgIpc) is 2.41. The number of benzene rings is 1. The molecule has 0 atom stereocenters. The van der Waals surface area contributed by atoms with Gasteiger partial charge in [-0.05, 0) is 43.5 Å². The van der Waals surface area contributed by atoms with Crippen molar-refractivity contribution in [1.82, 2.24) is 5.32 Å². The van der Waals surface area contributed by atoms with E-state index in [9.17, 15) is 4.39 Å². The first-order chi connectivity index (χ1) is 9.95. The molecule has 0 aliphatic rings. The van der Waals surface area contributed by atoms with Gasteiger partial charge in [-0.15, -0.1) is 0 Å². The molecule has 0 spiro atoms. The molecule has 1 aromatic carbocycles. The van der Waals surface area contributed by atoms with Crippen molar-refractivity contribution < 1.29 is 9.13 Å². The molecule has 0 bridgehead atoms. The van der Waals surface area contributed by atoms with Crippen molar-refractivity contribution in [3.8, 4) is 0 Å². The molecule has 120 valence electrons. The van der Waals surface area contributed by atoms with E-state index in [2.05, 4.69) is 37.9 Å². The number of nitrogens with one attached hydrogen (secondary N) is 1. The van der Waals surface area contributed by atoms with E-state index in [1.165, 1.54) is 0 Å². The van der Waals surface area contributed by atoms with Crippen molar-refractivity contribution in [3.05, 3.63) is 29.6 Å². The van der Waals surface area contributed by atoms with Crippen LogP contribution in [-0.4, -0.2) is 32.8 Å². The van der Waals surface area contributed by atoms with Crippen molar-refractivity contribution >= 4 is 5.69 Å². The molecule has 0 aliphatic heterocycles. The SMILES string of the molecule is COCCNCc1cc(F)ccc1N(CC(C)C)C(C)C. The van der Waals surface area contributed by atoms with Crippen LogP contribution in [0, 0.1) is 11.7 Å². The van der Waals surface area contributed by atoms with Gasteiger partial charge in [-0.25, -0.2) is 4.39 Å². The normalized spacial score (nSPS) is 11.4. The van der Waals surface area contributed by atoms with Crippen LogP contribution in [0.4, 0.5) is 10.1 Å². The molecule has 1 aromatic rings. The van der Waals surface area contributed by atoms with Gasteiger partial charge in [-0.2, -0.15) is 0 Å². The smallest absolute Gasteiger partial charge is 0.123 e. The number of ether oxygens (including phenoxy) is 1. The maximum atomic E-state index is 13.6. The van der Waals surface area contributed by atoms with Crippen molar-refractivity contribution in [1.29, 1.82) is 0 Å². The van der Waals surface area contributed by atoms with Crippen LogP contribution in [0.15, 0.2) is 18.2 Å². The van der Waals surface area contributed by atoms with Crippen LogP contribution in [0.25, 0.3) is 0 Å². The summed E-state index contributed by atoms with van der Waals surface area (Å²) in [6.07, 6.45) is 0. The lowest BCUT2D eigenvalue weighted by molar-refractivity contribution is 0.199. The summed E-state index contributed by atoms with van der Waals surface area (Å²) in [5.74, 6) is 0.377. The summed E-state index contributed by atoms with van der Waals surface area (Å²) in [6, 6.07) is 5.45. The molecule has 0 aliphatic carbocycles. The Labute approximate surface area is 128 Å². The molecule has 1 N–H and O–H groups in total. The topological polar surface area (TPSA) is 24.5 Å². The molecule has 0 unspecified atom stereocenters. The van der Waals surface area contributed by atoms with Crippen molar-refractivity contribution in [2.45, 2.75) is 40.3 Å². The fourth-order valence-corrected chi connectivity index (χ4v) is 2.35. The van der Waals surface area contributed by atoms with Crippen LogP contribution in [0.5, 0.6) is 0 Å². The highest BCUT2D eigenvalue weighted by molar-refractivity contribution is 5.54. The molecule has 4 heteroatoms. The van der Waals surface area contributed by atoms with Gasteiger partial charge in [-0.3, -0.25) is 0 Å². The van der Waals surface area contributed by atoms with E-state index < -0.39 is 0 Å². The Morgan fingerprint density at radius 3 is 2.52 bits per heavy atom. The van der Waals surface area contributed by atoms with Crippen LogP contribution in [0.2, 0.25) is 0 Å². The third-order valence-electron chi connectivity index (χ3n) is 3.33. The Morgan fingerprint density at radius 1 is 1.24 bits per heavy atom. The highest BCUT2D eigenvalue weighted by atomic mass is 19.1. The van der Waals surface area contributed by atoms with E-state index >= 15 is 0 Å². The van der Waals surface area contributed by atoms with E-state index in [-0.39, 0.29) is 5.82 Å². The molecule has 0 saturated heterocycles. The summed E-state index contributed by atoms with van der Waals surface area (Å²) in [5, 5.41) is 3.30. The summed E-state index contributed by atoms with van der Waals surface area (Å²) in [5.41, 5.74) is 2.12. The van der Waals surface area contributed by atoms with Crippen LogP contribution in [0.1, 0.15) is 33.3 Å². The quantitative estimate of drug-likeness (QED) is 0.707. The van der Waals surface area contributed by atoms with Crippen LogP contribution in [0.3, 0.4) is 0 Å². The second-order valence-corrected chi connectivity index (χ2v) is 6.08. The first kappa shape index (κ1) is 17.9. The third-order valence-corrected chi connectivity index (χ3v) is 3.33. The van der Waals surface area contributed by atoms with E-state index in [1.54, 1.807) is 19.2 Å². The minimum atomic E-state index is -0.185. The van der Waals surface area contributed by atoms with E-state index in [1.807, 2.05) is 6.07 Å². The van der Waals surface area contributed by atoms with Crippen LogP contribution >= 0.6 is 0 Å². The number of hydrogen-bond acceptors (Lipinski definition) is 3. The Bertz CT molecular complexity index is 421. The van der Waals surface area contributed by atoms with Gasteiger partial charge in [-0.1, -0.05) is 13.8 Å². The molecule has 0 heterocycles. The summed E-state index contributed by atoms with van der Waals surface area (Å²) >= 11 is 0. The molecule has 0 fully saturated rings. The molecule has 0 saturated carbocycles. The van der Waals surface area contributed by atoms with Gasteiger partial charge in [0.15, 0.2) is 0 Å². The first-order valence-electron chi connectivity index (χ1n) is 7.70. The number of rotatable bonds is 9. The molecule has 21 heavy (non-hydrogen) atoms. The molecule has 0 aromatic heterocycles. The lowest BCUT2D eigenvalue weighted by Crippen LogP contribution is -2.35. The van der Waals surface area contributed by atoms with Crippen molar-refractivity contribution in [2.24, 2.45) is 5.92 Å². The number of hydrogen-bond donors (Lipinski definition) is 1. The second-order valence-electron chi connectivity index (χ2n) is 6.08. The van der Waals surface area contributed by atoms with Crippen LogP contribution < -0.4 is 10.2 Å². The van der Waals surface area contributed by atoms with Gasteiger partial charge in [0.1, 0.15) is 5.82 Å². The summed E-state index contributed by atoms with van der Waals surface area (Å²) < 4.78 is 18.6. The van der Waals surface area contributed by atoms with Gasteiger partial charge in [0.05, 0.1) is 6.61 Å². The fraction of sp³-hybridized carbons (Fsp3) is 0.647. The standard InChI is InChI=1S/C17H29FN2O/c1-13(2)12-20(14(3)4)17-7-6-16(18)10-15(17)11-19-8-9-21-5/h6-7,10,13-14,19H,8-9,11-12H2,1-5H3. The zero-order chi connectivity index (χ0) is 15.8. The monoisotopic (exact) mass is 296 g/mol. The minimum Gasteiger partial charge on any atom is -0.383 e. The number of anilines is 1. The van der Waals surface area contributed by atoms with Gasteiger partial charge >= 0.3 is 0 Å². The van der Waals surface area contributed by atoms with Crippen LogP contribution in [-0.2, 0) is 11.3 Å². The van der Waals surface area contributed by atoms with E-state index in [0.29, 0.717) is 25.1 Å². The molecule has 1 rings (SSSR count). The Morgan fingerprint density at radius 2 is 1.95 bits per heavy atom. The maximum absolute atomic E-state index is 13.6. The molecular weight excluding hydrogens is 267 g/mol. The second kappa shape index (κ2) is 9.00. The fourth-order valence-electron chi connectivity index (χ4n) is 2.35. The van der Waals surface area contributed by atoms with Gasteiger partial charge in [0, 0.05) is 38.5 Å². The van der Waals surface area contributed by atoms with Crippen molar-refractivity contribution in [2.75, 3.05) is 31.7 Å². The lowest BCUT2D eigenvalue weighted by Gasteiger charge is -2.32. The first-order valence-corrected chi connectivity index (χ1v) is 7.70. The molecular formula is C17H29FN2O. The van der Waals surface area contributed by atoms with Crippen molar-refractivity contribution in [3.63, 3.8) is 0 Å². The number of nitrogens with zero attached hydrogens (tertiary/aromatic N) is 1. The minimum absolute atomic E-state index is 0.185. The highest BCUT2D eigenvalue weighted by Crippen LogP contribution is 2.25. The summed E-state index contributed by atoms with van der Waals surface area (Å²) in [4.78, 5) is 2.34. The molecule has 3 nitrogen and oxygen atoms in total. The summed E-state index contributed by atoms with van der Waals surface area (Å²) in [6.45, 7) is 11.8. The number of methoxy groups -OCH3 is 1. The third kappa shape index (κ3) is 6.02.